The highest BCUT2D eigenvalue weighted by Gasteiger charge is 2.32. The van der Waals surface area contributed by atoms with Crippen LogP contribution in [-0.2, 0) is 9.13 Å². The molecule has 0 amide bonds. The normalized spacial score (nSPS) is 13.2. The fraction of sp³-hybridized carbons (Fsp3) is 0. The molecule has 6 heteroatoms. The molecular formula is C51H34N2O2P2. The molecule has 0 aliphatic carbocycles. The predicted octanol–water partition coefficient (Wildman–Crippen LogP) is 10.4. The second-order valence-corrected chi connectivity index (χ2v) is 20.1. The first-order valence-electron chi connectivity index (χ1n) is 19.1. The van der Waals surface area contributed by atoms with Gasteiger partial charge in [-0.05, 0) is 57.3 Å². The van der Waals surface area contributed by atoms with Crippen LogP contribution in [0.15, 0.2) is 206 Å². The molecule has 0 fully saturated rings. The largest absolute Gasteiger partial charge is 0.309 e. The van der Waals surface area contributed by atoms with E-state index >= 15 is 9.13 Å². The van der Waals surface area contributed by atoms with Crippen molar-refractivity contribution in [2.24, 2.45) is 0 Å². The zero-order valence-corrected chi connectivity index (χ0v) is 32.5. The van der Waals surface area contributed by atoms with Gasteiger partial charge in [0.25, 0.3) is 0 Å². The number of aromatic nitrogens is 2. The van der Waals surface area contributed by atoms with Gasteiger partial charge in [-0.3, -0.25) is 4.40 Å². The number of pyridine rings is 1. The van der Waals surface area contributed by atoms with Crippen LogP contribution in [0.5, 0.6) is 0 Å². The van der Waals surface area contributed by atoms with Gasteiger partial charge in [0.05, 0.1) is 16.6 Å². The van der Waals surface area contributed by atoms with E-state index in [-0.39, 0.29) is 0 Å². The van der Waals surface area contributed by atoms with E-state index in [4.69, 9.17) is 4.98 Å². The van der Waals surface area contributed by atoms with Crippen LogP contribution in [0.4, 0.5) is 0 Å². The van der Waals surface area contributed by atoms with Crippen molar-refractivity contribution in [2.75, 3.05) is 0 Å². The Bertz CT molecular complexity index is 3430. The van der Waals surface area contributed by atoms with Gasteiger partial charge in [-0.25, -0.2) is 4.98 Å². The van der Waals surface area contributed by atoms with Crippen LogP contribution in [0.1, 0.15) is 0 Å². The minimum Gasteiger partial charge on any atom is -0.309 e. The molecule has 4 nitrogen and oxygen atoms in total. The molecule has 2 aromatic heterocycles. The standard InChI is InChI=1S/C51H34N2O2P2/c54-56(38-17-4-1-5-18-38,39-19-6-2-7-20-39)43-27-30-45-46-29-25-36-15-12-13-23-44(36)50(46)51-52-47-33-42(28-31-48(47)53(51)49(45)34-43)57(55,40-21-8-3-9-22-40)41-26-24-35-14-10-11-16-37(35)32-41/h1-34H. The number of fused-ring (bicyclic) bond motifs is 11. The maximum Gasteiger partial charge on any atom is 0.171 e. The maximum absolute atomic E-state index is 15.9. The number of hydrogen-bond donors (Lipinski definition) is 0. The van der Waals surface area contributed by atoms with Crippen LogP contribution < -0.4 is 31.8 Å². The fourth-order valence-electron chi connectivity index (χ4n) is 8.72. The third kappa shape index (κ3) is 5.12. The van der Waals surface area contributed by atoms with Gasteiger partial charge in [-0.2, -0.15) is 0 Å². The summed E-state index contributed by atoms with van der Waals surface area (Å²) in [5.41, 5.74) is 3.34. The lowest BCUT2D eigenvalue weighted by atomic mass is 9.99. The smallest absolute Gasteiger partial charge is 0.171 e. The first-order valence-corrected chi connectivity index (χ1v) is 22.5. The molecule has 11 aromatic rings. The van der Waals surface area contributed by atoms with Gasteiger partial charge in [0.1, 0.15) is 5.65 Å². The summed E-state index contributed by atoms with van der Waals surface area (Å²) >= 11 is 0. The van der Waals surface area contributed by atoms with E-state index in [1.165, 1.54) is 0 Å². The van der Waals surface area contributed by atoms with Crippen molar-refractivity contribution >= 4 is 106 Å². The van der Waals surface area contributed by atoms with E-state index in [1.807, 2.05) is 127 Å². The van der Waals surface area contributed by atoms with E-state index in [0.29, 0.717) is 0 Å². The number of benzene rings is 9. The summed E-state index contributed by atoms with van der Waals surface area (Å²) in [5.74, 6) is 0. The second kappa shape index (κ2) is 13.0. The molecule has 0 radical (unpaired) electrons. The maximum atomic E-state index is 15.9. The van der Waals surface area contributed by atoms with Gasteiger partial charge in [0.2, 0.25) is 0 Å². The Balaban J connectivity index is 1.23. The van der Waals surface area contributed by atoms with E-state index in [2.05, 4.69) is 83.3 Å². The zero-order valence-electron chi connectivity index (χ0n) is 30.7. The molecule has 0 aliphatic rings. The first-order chi connectivity index (χ1) is 28.0. The van der Waals surface area contributed by atoms with Gasteiger partial charge in [0.15, 0.2) is 14.3 Å². The first kappa shape index (κ1) is 33.7. The molecule has 270 valence electrons. The summed E-state index contributed by atoms with van der Waals surface area (Å²) in [4.78, 5) is 5.44. The molecule has 0 spiro atoms. The molecule has 1 atom stereocenters. The third-order valence-corrected chi connectivity index (χ3v) is 17.6. The van der Waals surface area contributed by atoms with E-state index in [0.717, 1.165) is 91.7 Å². The van der Waals surface area contributed by atoms with Gasteiger partial charge < -0.3 is 9.13 Å². The molecule has 0 saturated carbocycles. The molecule has 0 saturated heterocycles. The molecule has 0 aliphatic heterocycles. The van der Waals surface area contributed by atoms with Crippen molar-refractivity contribution in [2.45, 2.75) is 0 Å². The molecule has 0 N–H and O–H groups in total. The quantitative estimate of drug-likeness (QED) is 0.125. The van der Waals surface area contributed by atoms with Crippen LogP contribution >= 0.6 is 14.3 Å². The van der Waals surface area contributed by atoms with E-state index in [1.54, 1.807) is 0 Å². The number of nitrogens with zero attached hydrogens (tertiary/aromatic N) is 2. The summed E-state index contributed by atoms with van der Waals surface area (Å²) < 4.78 is 33.8. The predicted molar refractivity (Wildman–Crippen MR) is 242 cm³/mol. The van der Waals surface area contributed by atoms with Crippen molar-refractivity contribution in [3.05, 3.63) is 206 Å². The van der Waals surface area contributed by atoms with Crippen molar-refractivity contribution in [3.63, 3.8) is 0 Å². The van der Waals surface area contributed by atoms with Crippen molar-refractivity contribution in [1.29, 1.82) is 0 Å². The Hall–Kier alpha value is -6.57. The van der Waals surface area contributed by atoms with Crippen molar-refractivity contribution < 1.29 is 9.13 Å². The average molecular weight is 769 g/mol. The molecular weight excluding hydrogens is 735 g/mol. The van der Waals surface area contributed by atoms with E-state index in [9.17, 15) is 0 Å². The molecule has 57 heavy (non-hydrogen) atoms. The summed E-state index contributed by atoms with van der Waals surface area (Å²) in [6.07, 6.45) is 0. The minimum absolute atomic E-state index is 0.719. The van der Waals surface area contributed by atoms with Gasteiger partial charge >= 0.3 is 0 Å². The summed E-state index contributed by atoms with van der Waals surface area (Å²) in [6, 6.07) is 68.9. The Morgan fingerprint density at radius 1 is 0.351 bits per heavy atom. The Kier molecular flexibility index (Phi) is 7.70. The van der Waals surface area contributed by atoms with E-state index < -0.39 is 14.3 Å². The van der Waals surface area contributed by atoms with Crippen molar-refractivity contribution in [1.82, 2.24) is 9.38 Å². The zero-order chi connectivity index (χ0) is 38.1. The van der Waals surface area contributed by atoms with Crippen LogP contribution in [0.2, 0.25) is 0 Å². The molecule has 11 rings (SSSR count). The second-order valence-electron chi connectivity index (χ2n) is 14.6. The SMILES string of the molecule is O=P(c1ccccc1)(c1ccc2ccccc2c1)c1ccc2c(c1)nc1c3c4ccccc4ccc3c3ccc(P(=O)(c4ccccc4)c4ccccc4)cc3n21. The molecule has 2 heterocycles. The molecule has 9 aromatic carbocycles. The summed E-state index contributed by atoms with van der Waals surface area (Å²) in [5, 5.41) is 12.1. The highest BCUT2D eigenvalue weighted by atomic mass is 31.2. The lowest BCUT2D eigenvalue weighted by molar-refractivity contribution is 0.591. The van der Waals surface area contributed by atoms with Crippen molar-refractivity contribution in [3.8, 4) is 0 Å². The minimum atomic E-state index is -3.35. The number of rotatable bonds is 6. The lowest BCUT2D eigenvalue weighted by Gasteiger charge is -2.21. The molecule has 0 bridgehead atoms. The average Bonchev–Trinajstić information content (AvgIpc) is 3.68. The fourth-order valence-corrected chi connectivity index (χ4v) is 14.1. The highest BCUT2D eigenvalue weighted by molar-refractivity contribution is 7.85. The molecule has 1 unspecified atom stereocenters. The van der Waals surface area contributed by atoms with Gasteiger partial charge in [-0.1, -0.05) is 176 Å². The Morgan fingerprint density at radius 3 is 1.53 bits per heavy atom. The Labute approximate surface area is 329 Å². The topological polar surface area (TPSA) is 51.4 Å². The summed E-state index contributed by atoms with van der Waals surface area (Å²) in [6.45, 7) is 0. The Morgan fingerprint density at radius 2 is 0.842 bits per heavy atom. The van der Waals surface area contributed by atoms with Crippen LogP contribution in [-0.4, -0.2) is 9.38 Å². The monoisotopic (exact) mass is 768 g/mol. The van der Waals surface area contributed by atoms with Crippen LogP contribution in [0.25, 0.3) is 59.9 Å². The van der Waals surface area contributed by atoms with Crippen LogP contribution in [0.3, 0.4) is 0 Å². The lowest BCUT2D eigenvalue weighted by Crippen LogP contribution is -2.25. The highest BCUT2D eigenvalue weighted by Crippen LogP contribution is 2.46. The van der Waals surface area contributed by atoms with Gasteiger partial charge in [0, 0.05) is 42.6 Å². The number of imidazole rings is 1. The summed E-state index contributed by atoms with van der Waals surface area (Å²) in [7, 11) is -6.63. The third-order valence-electron chi connectivity index (χ3n) is 11.5. The van der Waals surface area contributed by atoms with Gasteiger partial charge in [-0.15, -0.1) is 0 Å². The van der Waals surface area contributed by atoms with Crippen LogP contribution in [0, 0.1) is 0 Å². The number of hydrogen-bond acceptors (Lipinski definition) is 3.